The molecule has 0 bridgehead atoms. The molecule has 7 heteroatoms. The first-order chi connectivity index (χ1) is 8.29. The number of nitrogens with zero attached hydrogens (tertiary/aromatic N) is 1. The van der Waals surface area contributed by atoms with Gasteiger partial charge in [0.2, 0.25) is 0 Å². The second kappa shape index (κ2) is 6.01. The summed E-state index contributed by atoms with van der Waals surface area (Å²) in [6.07, 6.45) is -2.45. The number of hydrogen-bond acceptors (Lipinski definition) is 4. The van der Waals surface area contributed by atoms with Crippen LogP contribution in [0.3, 0.4) is 0 Å². The second-order valence-electron chi connectivity index (χ2n) is 4.05. The minimum Gasteiger partial charge on any atom is -0.383 e. The summed E-state index contributed by atoms with van der Waals surface area (Å²) in [6, 6.07) is 1.29. The summed E-state index contributed by atoms with van der Waals surface area (Å²) >= 11 is 0. The summed E-state index contributed by atoms with van der Waals surface area (Å²) in [5.41, 5.74) is 13.0. The summed E-state index contributed by atoms with van der Waals surface area (Å²) in [4.78, 5) is 3.94. The van der Waals surface area contributed by atoms with Crippen LogP contribution in [-0.2, 0) is 4.74 Å². The summed E-state index contributed by atoms with van der Waals surface area (Å²) in [7, 11) is 0. The molecule has 4 nitrogen and oxygen atoms in total. The van der Waals surface area contributed by atoms with E-state index in [4.69, 9.17) is 11.5 Å². The van der Waals surface area contributed by atoms with Gasteiger partial charge >= 0.3 is 6.18 Å². The van der Waals surface area contributed by atoms with E-state index in [-0.39, 0.29) is 13.0 Å². The number of nitrogens with two attached hydrogens (primary N) is 2. The molecule has 0 saturated heterocycles. The molecular weight excluding hydrogens is 247 g/mol. The second-order valence-corrected chi connectivity index (χ2v) is 4.05. The molecule has 0 aliphatic carbocycles. The lowest BCUT2D eigenvalue weighted by atomic mass is 10.0. The Morgan fingerprint density at radius 3 is 2.72 bits per heavy atom. The zero-order valence-electron chi connectivity index (χ0n) is 10.00. The lowest BCUT2D eigenvalue weighted by Crippen LogP contribution is -2.20. The molecule has 1 rings (SSSR count). The maximum Gasteiger partial charge on any atom is 0.411 e. The van der Waals surface area contributed by atoms with Crippen molar-refractivity contribution in [3.63, 3.8) is 0 Å². The molecule has 0 amide bonds. The molecule has 0 aliphatic heterocycles. The first-order valence-electron chi connectivity index (χ1n) is 5.41. The number of hydrogen-bond donors (Lipinski definition) is 2. The van der Waals surface area contributed by atoms with E-state index in [2.05, 4.69) is 9.72 Å². The SMILES string of the molecule is Cc1cnc(N)c(C(N)CCOCC(F)(F)F)c1. The molecule has 102 valence electrons. The highest BCUT2D eigenvalue weighted by Gasteiger charge is 2.27. The normalized spacial score (nSPS) is 13.6. The van der Waals surface area contributed by atoms with E-state index in [1.807, 2.05) is 6.92 Å². The van der Waals surface area contributed by atoms with Crippen LogP contribution < -0.4 is 11.5 Å². The van der Waals surface area contributed by atoms with Crippen LogP contribution in [0.2, 0.25) is 0 Å². The summed E-state index contributed by atoms with van der Waals surface area (Å²) in [5, 5.41) is 0. The van der Waals surface area contributed by atoms with E-state index in [0.29, 0.717) is 11.4 Å². The van der Waals surface area contributed by atoms with Crippen LogP contribution in [-0.4, -0.2) is 24.4 Å². The van der Waals surface area contributed by atoms with Gasteiger partial charge in [-0.3, -0.25) is 0 Å². The van der Waals surface area contributed by atoms with E-state index in [1.165, 1.54) is 0 Å². The number of halogens is 3. The Labute approximate surface area is 103 Å². The third-order valence-electron chi connectivity index (χ3n) is 2.32. The van der Waals surface area contributed by atoms with Crippen LogP contribution in [0.25, 0.3) is 0 Å². The van der Waals surface area contributed by atoms with E-state index >= 15 is 0 Å². The van der Waals surface area contributed by atoms with Crippen LogP contribution in [0.4, 0.5) is 19.0 Å². The average molecular weight is 263 g/mol. The van der Waals surface area contributed by atoms with Crippen molar-refractivity contribution in [3.05, 3.63) is 23.4 Å². The predicted molar refractivity (Wildman–Crippen MR) is 61.8 cm³/mol. The van der Waals surface area contributed by atoms with Gasteiger partial charge in [0.05, 0.1) is 0 Å². The molecule has 1 aromatic heterocycles. The van der Waals surface area contributed by atoms with Crippen molar-refractivity contribution >= 4 is 5.82 Å². The number of pyridine rings is 1. The minimum absolute atomic E-state index is 0.0753. The van der Waals surface area contributed by atoms with Crippen LogP contribution >= 0.6 is 0 Å². The van der Waals surface area contributed by atoms with Crippen molar-refractivity contribution in [2.75, 3.05) is 18.9 Å². The van der Waals surface area contributed by atoms with Crippen LogP contribution in [0.15, 0.2) is 12.3 Å². The zero-order valence-corrected chi connectivity index (χ0v) is 10.00. The molecule has 1 unspecified atom stereocenters. The Morgan fingerprint density at radius 1 is 1.44 bits per heavy atom. The van der Waals surface area contributed by atoms with E-state index in [9.17, 15) is 13.2 Å². The van der Waals surface area contributed by atoms with Gasteiger partial charge in [-0.2, -0.15) is 13.2 Å². The molecule has 0 radical (unpaired) electrons. The minimum atomic E-state index is -4.31. The number of alkyl halides is 3. The highest BCUT2D eigenvalue weighted by Crippen LogP contribution is 2.21. The summed E-state index contributed by atoms with van der Waals surface area (Å²) in [5.74, 6) is 0.295. The zero-order chi connectivity index (χ0) is 13.8. The van der Waals surface area contributed by atoms with Gasteiger partial charge in [0.25, 0.3) is 0 Å². The monoisotopic (exact) mass is 263 g/mol. The standard InChI is InChI=1S/C11H16F3N3O/c1-7-4-8(10(16)17-5-7)9(15)2-3-18-6-11(12,13)14/h4-5,9H,2-3,6,15H2,1H3,(H2,16,17). The van der Waals surface area contributed by atoms with Gasteiger partial charge in [-0.1, -0.05) is 0 Å². The Morgan fingerprint density at radius 2 is 2.11 bits per heavy atom. The van der Waals surface area contributed by atoms with Gasteiger partial charge in [-0.25, -0.2) is 4.98 Å². The maximum atomic E-state index is 11.8. The molecule has 1 atom stereocenters. The fourth-order valence-electron chi connectivity index (χ4n) is 1.45. The summed E-state index contributed by atoms with van der Waals surface area (Å²) in [6.45, 7) is 0.498. The smallest absolute Gasteiger partial charge is 0.383 e. The highest BCUT2D eigenvalue weighted by molar-refractivity contribution is 5.42. The number of rotatable bonds is 5. The first-order valence-corrected chi connectivity index (χ1v) is 5.41. The molecule has 0 aromatic carbocycles. The molecule has 1 heterocycles. The number of aromatic nitrogens is 1. The van der Waals surface area contributed by atoms with Crippen molar-refractivity contribution < 1.29 is 17.9 Å². The highest BCUT2D eigenvalue weighted by atomic mass is 19.4. The van der Waals surface area contributed by atoms with Gasteiger partial charge < -0.3 is 16.2 Å². The third-order valence-corrected chi connectivity index (χ3v) is 2.32. The van der Waals surface area contributed by atoms with Crippen molar-refractivity contribution in [1.29, 1.82) is 0 Å². The molecular formula is C11H16F3N3O. The van der Waals surface area contributed by atoms with E-state index < -0.39 is 18.8 Å². The lowest BCUT2D eigenvalue weighted by Gasteiger charge is -2.15. The average Bonchev–Trinajstić information content (AvgIpc) is 2.26. The number of aryl methyl sites for hydroxylation is 1. The van der Waals surface area contributed by atoms with Gasteiger partial charge in [0, 0.05) is 24.4 Å². The predicted octanol–water partition coefficient (Wildman–Crippen LogP) is 1.94. The van der Waals surface area contributed by atoms with Crippen LogP contribution in [0.5, 0.6) is 0 Å². The number of anilines is 1. The van der Waals surface area contributed by atoms with Crippen molar-refractivity contribution in [3.8, 4) is 0 Å². The molecule has 0 saturated carbocycles. The fourth-order valence-corrected chi connectivity index (χ4v) is 1.45. The molecule has 0 fully saturated rings. The molecule has 0 spiro atoms. The molecule has 0 aliphatic rings. The number of nitrogen functional groups attached to an aromatic ring is 1. The number of ether oxygens (including phenoxy) is 1. The Bertz CT molecular complexity index is 396. The van der Waals surface area contributed by atoms with Crippen LogP contribution in [0, 0.1) is 6.92 Å². The van der Waals surface area contributed by atoms with Gasteiger partial charge in [-0.15, -0.1) is 0 Å². The van der Waals surface area contributed by atoms with E-state index in [0.717, 1.165) is 5.56 Å². The quantitative estimate of drug-likeness (QED) is 0.796. The van der Waals surface area contributed by atoms with Crippen molar-refractivity contribution in [2.45, 2.75) is 25.6 Å². The molecule has 1 aromatic rings. The van der Waals surface area contributed by atoms with Crippen LogP contribution in [0.1, 0.15) is 23.6 Å². The van der Waals surface area contributed by atoms with Crippen molar-refractivity contribution in [1.82, 2.24) is 4.98 Å². The topological polar surface area (TPSA) is 74.2 Å². The van der Waals surface area contributed by atoms with Gasteiger partial charge in [-0.05, 0) is 25.0 Å². The Hall–Kier alpha value is -1.34. The summed E-state index contributed by atoms with van der Waals surface area (Å²) < 4.78 is 40.0. The Kier molecular flexibility index (Phi) is 4.92. The van der Waals surface area contributed by atoms with Crippen molar-refractivity contribution in [2.24, 2.45) is 5.73 Å². The van der Waals surface area contributed by atoms with E-state index in [1.54, 1.807) is 12.3 Å². The molecule has 4 N–H and O–H groups in total. The lowest BCUT2D eigenvalue weighted by molar-refractivity contribution is -0.174. The molecule has 18 heavy (non-hydrogen) atoms. The largest absolute Gasteiger partial charge is 0.411 e. The maximum absolute atomic E-state index is 11.8. The Balaban J connectivity index is 2.45. The fraction of sp³-hybridized carbons (Fsp3) is 0.545. The van der Waals surface area contributed by atoms with Gasteiger partial charge in [0.1, 0.15) is 12.4 Å². The third kappa shape index (κ3) is 4.89. The van der Waals surface area contributed by atoms with Gasteiger partial charge in [0.15, 0.2) is 0 Å². The first kappa shape index (κ1) is 14.7.